The van der Waals surface area contributed by atoms with E-state index in [2.05, 4.69) is 11.8 Å². The summed E-state index contributed by atoms with van der Waals surface area (Å²) in [5.41, 5.74) is 0. The van der Waals surface area contributed by atoms with E-state index in [1.54, 1.807) is 26.8 Å². The quantitative estimate of drug-likeness (QED) is 0.482. The average Bonchev–Trinajstić information content (AvgIpc) is 2.00. The van der Waals surface area contributed by atoms with E-state index in [9.17, 15) is 4.57 Å². The van der Waals surface area contributed by atoms with Crippen molar-refractivity contribution in [3.05, 3.63) is 11.4 Å². The van der Waals surface area contributed by atoms with Crippen molar-refractivity contribution in [1.29, 1.82) is 0 Å². The minimum atomic E-state index is -1.71. The molecule has 0 spiro atoms. The lowest BCUT2D eigenvalue weighted by atomic mass is 10.5. The van der Waals surface area contributed by atoms with Crippen LogP contribution in [0.5, 0.6) is 0 Å². The van der Waals surface area contributed by atoms with Gasteiger partial charge in [0.05, 0.1) is 0 Å². The molecule has 0 aliphatic rings. The maximum absolute atomic E-state index is 11.1. The monoisotopic (exact) mass is 171 g/mol. The fourth-order valence-corrected chi connectivity index (χ4v) is 1.33. The first-order chi connectivity index (χ1) is 5.26. The third kappa shape index (κ3) is 3.93. The molecular weight excluding hydrogens is 159 g/mol. The van der Waals surface area contributed by atoms with E-state index in [1.807, 2.05) is 0 Å². The summed E-state index contributed by atoms with van der Waals surface area (Å²) in [5.74, 6) is 5.40. The zero-order chi connectivity index (χ0) is 8.69. The van der Waals surface area contributed by atoms with Gasteiger partial charge in [-0.25, -0.2) is 0 Å². The predicted molar refractivity (Wildman–Crippen MR) is 46.4 cm³/mol. The molecule has 1 atom stereocenters. The largest absolute Gasteiger partial charge is 0.557 e. The first kappa shape index (κ1) is 10.4. The maximum Gasteiger partial charge on any atom is 0.557 e. The lowest BCUT2D eigenvalue weighted by molar-refractivity contribution is 0.355. The standard InChI is InChI=1S/C8H12O2P/c1-4-7-8(5-2)11(9)10-6-3/h5H,6H2,1-3H3/q+1/b8-5+. The second-order valence-electron chi connectivity index (χ2n) is 1.72. The summed E-state index contributed by atoms with van der Waals surface area (Å²) >= 11 is 0. The molecule has 0 aliphatic carbocycles. The molecule has 0 saturated carbocycles. The van der Waals surface area contributed by atoms with E-state index in [-0.39, 0.29) is 0 Å². The second kappa shape index (κ2) is 6.09. The van der Waals surface area contributed by atoms with Crippen molar-refractivity contribution in [2.45, 2.75) is 20.8 Å². The second-order valence-corrected chi connectivity index (χ2v) is 2.98. The number of hydrogen-bond donors (Lipinski definition) is 0. The van der Waals surface area contributed by atoms with Gasteiger partial charge in [-0.1, -0.05) is 5.92 Å². The highest BCUT2D eigenvalue weighted by Crippen LogP contribution is 2.32. The molecular formula is C8H12O2P+. The first-order valence-corrected chi connectivity index (χ1v) is 4.63. The van der Waals surface area contributed by atoms with E-state index in [0.717, 1.165) is 0 Å². The Labute approximate surface area is 68.5 Å². The highest BCUT2D eigenvalue weighted by molar-refractivity contribution is 7.44. The van der Waals surface area contributed by atoms with Gasteiger partial charge in [0.2, 0.25) is 0 Å². The van der Waals surface area contributed by atoms with Crippen LogP contribution in [0.4, 0.5) is 0 Å². The zero-order valence-corrected chi connectivity index (χ0v) is 7.94. The van der Waals surface area contributed by atoms with Crippen molar-refractivity contribution >= 4 is 8.03 Å². The van der Waals surface area contributed by atoms with Crippen LogP contribution in [0.1, 0.15) is 20.8 Å². The summed E-state index contributed by atoms with van der Waals surface area (Å²) < 4.78 is 16.0. The summed E-state index contributed by atoms with van der Waals surface area (Å²) in [6.07, 6.45) is 1.71. The normalized spacial score (nSPS) is 11.9. The van der Waals surface area contributed by atoms with Crippen molar-refractivity contribution < 1.29 is 9.09 Å². The van der Waals surface area contributed by atoms with E-state index in [4.69, 9.17) is 4.52 Å². The van der Waals surface area contributed by atoms with Gasteiger partial charge >= 0.3 is 8.03 Å². The summed E-state index contributed by atoms with van der Waals surface area (Å²) in [4.78, 5) is 0. The SMILES string of the molecule is CC#C/C(=C\C)[P+](=O)OCC. The molecule has 3 heteroatoms. The molecule has 0 radical (unpaired) electrons. The molecule has 0 heterocycles. The summed E-state index contributed by atoms with van der Waals surface area (Å²) in [6, 6.07) is 0. The molecule has 11 heavy (non-hydrogen) atoms. The fraction of sp³-hybridized carbons (Fsp3) is 0.500. The van der Waals surface area contributed by atoms with E-state index in [0.29, 0.717) is 11.9 Å². The molecule has 0 saturated heterocycles. The van der Waals surface area contributed by atoms with Crippen LogP contribution in [0.3, 0.4) is 0 Å². The van der Waals surface area contributed by atoms with Crippen LogP contribution in [-0.2, 0) is 9.09 Å². The Hall–Kier alpha value is -0.640. The van der Waals surface area contributed by atoms with Gasteiger partial charge in [-0.3, -0.25) is 0 Å². The molecule has 1 unspecified atom stereocenters. The van der Waals surface area contributed by atoms with Crippen molar-refractivity contribution in [2.75, 3.05) is 6.61 Å². The maximum atomic E-state index is 11.1. The van der Waals surface area contributed by atoms with Crippen molar-refractivity contribution in [1.82, 2.24) is 0 Å². The van der Waals surface area contributed by atoms with Crippen LogP contribution in [0.2, 0.25) is 0 Å². The van der Waals surface area contributed by atoms with Crippen LogP contribution in [0, 0.1) is 11.8 Å². The molecule has 0 aromatic heterocycles. The molecule has 0 bridgehead atoms. The molecule has 0 aromatic carbocycles. The lowest BCUT2D eigenvalue weighted by Gasteiger charge is -1.81. The minimum absolute atomic E-state index is 0.456. The van der Waals surface area contributed by atoms with E-state index >= 15 is 0 Å². The van der Waals surface area contributed by atoms with Crippen molar-refractivity contribution in [3.63, 3.8) is 0 Å². The summed E-state index contributed by atoms with van der Waals surface area (Å²) in [5, 5.41) is 0.573. The molecule has 0 N–H and O–H groups in total. The van der Waals surface area contributed by atoms with Gasteiger partial charge in [-0.05, 0) is 37.3 Å². The number of allylic oxidation sites excluding steroid dienone is 2. The molecule has 0 fully saturated rings. The number of rotatable bonds is 3. The zero-order valence-electron chi connectivity index (χ0n) is 7.05. The molecule has 60 valence electrons. The third-order valence-electron chi connectivity index (χ3n) is 0.970. The molecule has 0 amide bonds. The lowest BCUT2D eigenvalue weighted by Crippen LogP contribution is -1.79. The third-order valence-corrected chi connectivity index (χ3v) is 2.23. The Morgan fingerprint density at radius 3 is 2.73 bits per heavy atom. The van der Waals surface area contributed by atoms with Crippen LogP contribution in [0.25, 0.3) is 0 Å². The van der Waals surface area contributed by atoms with Gasteiger partial charge in [-0.15, -0.1) is 4.52 Å². The van der Waals surface area contributed by atoms with Crippen LogP contribution < -0.4 is 0 Å². The van der Waals surface area contributed by atoms with Crippen molar-refractivity contribution in [3.8, 4) is 11.8 Å². The minimum Gasteiger partial charge on any atom is -0.142 e. The van der Waals surface area contributed by atoms with Gasteiger partial charge in [0, 0.05) is 0 Å². The van der Waals surface area contributed by atoms with E-state index < -0.39 is 8.03 Å². The van der Waals surface area contributed by atoms with Gasteiger partial charge in [0.15, 0.2) is 0 Å². The highest BCUT2D eigenvalue weighted by Gasteiger charge is 2.21. The summed E-state index contributed by atoms with van der Waals surface area (Å²) in [7, 11) is -1.71. The van der Waals surface area contributed by atoms with Crippen molar-refractivity contribution in [2.24, 2.45) is 0 Å². The molecule has 0 aliphatic heterocycles. The van der Waals surface area contributed by atoms with Gasteiger partial charge < -0.3 is 0 Å². The van der Waals surface area contributed by atoms with Crippen LogP contribution in [0.15, 0.2) is 11.4 Å². The van der Waals surface area contributed by atoms with Gasteiger partial charge in [0.1, 0.15) is 6.61 Å². The van der Waals surface area contributed by atoms with Crippen LogP contribution in [-0.4, -0.2) is 6.61 Å². The molecule has 0 aromatic rings. The molecule has 2 nitrogen and oxygen atoms in total. The Morgan fingerprint density at radius 2 is 2.36 bits per heavy atom. The molecule has 0 rings (SSSR count). The predicted octanol–water partition coefficient (Wildman–Crippen LogP) is 2.69. The van der Waals surface area contributed by atoms with E-state index in [1.165, 1.54) is 0 Å². The first-order valence-electron chi connectivity index (χ1n) is 3.45. The van der Waals surface area contributed by atoms with Crippen LogP contribution >= 0.6 is 8.03 Å². The summed E-state index contributed by atoms with van der Waals surface area (Å²) in [6.45, 7) is 5.77. The smallest absolute Gasteiger partial charge is 0.142 e. The Bertz CT molecular complexity index is 220. The topological polar surface area (TPSA) is 26.3 Å². The average molecular weight is 171 g/mol. The highest BCUT2D eigenvalue weighted by atomic mass is 31.1. The Balaban J connectivity index is 4.25. The Morgan fingerprint density at radius 1 is 1.73 bits per heavy atom. The van der Waals surface area contributed by atoms with Gasteiger partial charge in [-0.2, -0.15) is 0 Å². The Kier molecular flexibility index (Phi) is 5.74. The van der Waals surface area contributed by atoms with Gasteiger partial charge in [0.25, 0.3) is 5.31 Å². The fourth-order valence-electron chi connectivity index (χ4n) is 0.538. The number of hydrogen-bond acceptors (Lipinski definition) is 2.